The number of H-pyrrole nitrogens is 1. The first kappa shape index (κ1) is 18.0. The molecule has 1 aromatic heterocycles. The number of rotatable bonds is 5. The number of aromatic nitrogens is 2. The molecule has 9 heteroatoms. The largest absolute Gasteiger partial charge is 0.326 e. The number of benzene rings is 1. The molecule has 1 aliphatic carbocycles. The van der Waals surface area contributed by atoms with E-state index in [0.29, 0.717) is 0 Å². The summed E-state index contributed by atoms with van der Waals surface area (Å²) in [6.07, 6.45) is 3.97. The highest BCUT2D eigenvalue weighted by Crippen LogP contribution is 2.31. The molecular weight excluding hydrogens is 386 g/mol. The second kappa shape index (κ2) is 7.40. The van der Waals surface area contributed by atoms with Crippen LogP contribution >= 0.6 is 11.8 Å². The number of hydrogen-bond donors (Lipinski definition) is 3. The number of hydrogen-bond acceptors (Lipinski definition) is 7. The molecule has 0 spiro atoms. The van der Waals surface area contributed by atoms with E-state index in [9.17, 15) is 4.79 Å². The van der Waals surface area contributed by atoms with E-state index in [1.807, 2.05) is 43.5 Å². The molecule has 2 aromatic rings. The minimum Gasteiger partial charge on any atom is -0.326 e. The highest BCUT2D eigenvalue weighted by Gasteiger charge is 2.29. The summed E-state index contributed by atoms with van der Waals surface area (Å²) in [6, 6.07) is 9.80. The number of nitrogens with zero attached hydrogens (tertiary/aromatic N) is 4. The van der Waals surface area contributed by atoms with Crippen molar-refractivity contribution in [3.8, 4) is 0 Å². The van der Waals surface area contributed by atoms with Gasteiger partial charge in [0, 0.05) is 41.0 Å². The smallest absolute Gasteiger partial charge is 0.227 e. The van der Waals surface area contributed by atoms with Gasteiger partial charge in [0.05, 0.1) is 6.54 Å². The fraction of sp³-hybridized carbons (Fsp3) is 0.300. The van der Waals surface area contributed by atoms with Crippen molar-refractivity contribution < 1.29 is 4.79 Å². The Bertz CT molecular complexity index is 1030. The fourth-order valence-electron chi connectivity index (χ4n) is 3.16. The standard InChI is InChI=1S/C20H21N7OS/c1-12-10-16(26-25-12)23-17-11-27-9-8-21-18(27)20(24-17)29-15-6-4-14(5-7-15)22-19(28)13-2-3-13/h4-7,10-11,13H,2-3,8-9H2,1H3,(H,22,28)(H2,23,25,26). The molecule has 1 amide bonds. The number of aromatic amines is 1. The number of carbonyl (C=O) groups is 1. The molecule has 0 unspecified atom stereocenters. The van der Waals surface area contributed by atoms with Crippen molar-refractivity contribution >= 4 is 40.1 Å². The van der Waals surface area contributed by atoms with E-state index >= 15 is 0 Å². The summed E-state index contributed by atoms with van der Waals surface area (Å²) in [6.45, 7) is 3.55. The predicted molar refractivity (Wildman–Crippen MR) is 115 cm³/mol. The minimum absolute atomic E-state index is 0.118. The van der Waals surface area contributed by atoms with E-state index in [0.717, 1.165) is 64.7 Å². The van der Waals surface area contributed by atoms with Crippen LogP contribution in [-0.4, -0.2) is 45.0 Å². The number of fused-ring (bicyclic) bond motifs is 1. The first-order valence-corrected chi connectivity index (χ1v) is 10.5. The number of amidine groups is 1. The molecule has 0 bridgehead atoms. The van der Waals surface area contributed by atoms with E-state index < -0.39 is 0 Å². The average Bonchev–Trinajstić information content (AvgIpc) is 3.32. The zero-order valence-corrected chi connectivity index (χ0v) is 16.8. The summed E-state index contributed by atoms with van der Waals surface area (Å²) in [4.78, 5) is 24.4. The van der Waals surface area contributed by atoms with Gasteiger partial charge in [0.2, 0.25) is 5.91 Å². The molecule has 1 saturated carbocycles. The lowest BCUT2D eigenvalue weighted by Crippen LogP contribution is -2.32. The highest BCUT2D eigenvalue weighted by atomic mass is 32.2. The first-order chi connectivity index (χ1) is 14.1. The Hall–Kier alpha value is -3.07. The number of aryl methyl sites for hydroxylation is 1. The minimum atomic E-state index is 0.118. The maximum absolute atomic E-state index is 11.9. The molecule has 3 heterocycles. The molecule has 8 nitrogen and oxygen atoms in total. The van der Waals surface area contributed by atoms with Gasteiger partial charge in [0.15, 0.2) is 11.7 Å². The van der Waals surface area contributed by atoms with Crippen LogP contribution in [0.4, 0.5) is 11.5 Å². The molecular formula is C20H21N7OS. The summed E-state index contributed by atoms with van der Waals surface area (Å²) in [7, 11) is 0. The van der Waals surface area contributed by atoms with Crippen molar-refractivity contribution in [2.24, 2.45) is 15.9 Å². The lowest BCUT2D eigenvalue weighted by atomic mass is 10.3. The van der Waals surface area contributed by atoms with Crippen LogP contribution in [0, 0.1) is 12.8 Å². The van der Waals surface area contributed by atoms with Gasteiger partial charge in [-0.1, -0.05) is 11.8 Å². The Kier molecular flexibility index (Phi) is 4.59. The van der Waals surface area contributed by atoms with Crippen molar-refractivity contribution in [2.75, 3.05) is 23.7 Å². The van der Waals surface area contributed by atoms with Crippen LogP contribution in [0.2, 0.25) is 0 Å². The Morgan fingerprint density at radius 2 is 2.10 bits per heavy atom. The summed E-state index contributed by atoms with van der Waals surface area (Å²) in [5, 5.41) is 14.2. The van der Waals surface area contributed by atoms with Crippen LogP contribution in [0.1, 0.15) is 18.5 Å². The second-order valence-electron chi connectivity index (χ2n) is 7.28. The molecule has 5 rings (SSSR count). The second-order valence-corrected chi connectivity index (χ2v) is 8.34. The van der Waals surface area contributed by atoms with Crippen LogP contribution in [0.25, 0.3) is 0 Å². The molecule has 0 saturated heterocycles. The Morgan fingerprint density at radius 3 is 2.83 bits per heavy atom. The number of anilines is 2. The van der Waals surface area contributed by atoms with Gasteiger partial charge in [-0.25, -0.2) is 4.99 Å². The Balaban J connectivity index is 1.31. The van der Waals surface area contributed by atoms with E-state index in [2.05, 4.69) is 30.7 Å². The lowest BCUT2D eigenvalue weighted by Gasteiger charge is -2.22. The van der Waals surface area contributed by atoms with Crippen LogP contribution in [0.3, 0.4) is 0 Å². The van der Waals surface area contributed by atoms with E-state index in [-0.39, 0.29) is 11.8 Å². The summed E-state index contributed by atoms with van der Waals surface area (Å²) >= 11 is 1.56. The first-order valence-electron chi connectivity index (χ1n) is 9.64. The van der Waals surface area contributed by atoms with E-state index in [1.54, 1.807) is 11.8 Å². The van der Waals surface area contributed by atoms with E-state index in [4.69, 9.17) is 4.99 Å². The topological polar surface area (TPSA) is 97.8 Å². The van der Waals surface area contributed by atoms with Crippen molar-refractivity contribution in [3.05, 3.63) is 48.0 Å². The van der Waals surface area contributed by atoms with Gasteiger partial charge >= 0.3 is 0 Å². The normalized spacial score (nSPS) is 18.0. The van der Waals surface area contributed by atoms with Crippen molar-refractivity contribution in [1.29, 1.82) is 0 Å². The predicted octanol–water partition coefficient (Wildman–Crippen LogP) is 3.20. The number of amides is 1. The summed E-state index contributed by atoms with van der Waals surface area (Å²) in [5.41, 5.74) is 1.81. The van der Waals surface area contributed by atoms with Gasteiger partial charge in [0.25, 0.3) is 0 Å². The van der Waals surface area contributed by atoms with Gasteiger partial charge in [-0.3, -0.25) is 14.9 Å². The van der Waals surface area contributed by atoms with Gasteiger partial charge < -0.3 is 15.5 Å². The zero-order chi connectivity index (χ0) is 19.8. The number of nitrogens with one attached hydrogen (secondary N) is 3. The lowest BCUT2D eigenvalue weighted by molar-refractivity contribution is -0.117. The molecule has 29 heavy (non-hydrogen) atoms. The van der Waals surface area contributed by atoms with Gasteiger partial charge in [0.1, 0.15) is 10.9 Å². The van der Waals surface area contributed by atoms with Crippen LogP contribution < -0.4 is 10.6 Å². The molecule has 3 N–H and O–H groups in total. The molecule has 1 aromatic carbocycles. The van der Waals surface area contributed by atoms with Crippen LogP contribution in [0.15, 0.2) is 57.2 Å². The van der Waals surface area contributed by atoms with Crippen LogP contribution in [-0.2, 0) is 4.79 Å². The SMILES string of the molecule is Cc1cc(NC2=CN3CCN=C3C(Sc3ccc(NC(=O)C4CC4)cc3)=N2)n[nH]1. The van der Waals surface area contributed by atoms with Crippen molar-refractivity contribution in [1.82, 2.24) is 15.1 Å². The van der Waals surface area contributed by atoms with Gasteiger partial charge in [-0.2, -0.15) is 5.10 Å². The monoisotopic (exact) mass is 407 g/mol. The molecule has 148 valence electrons. The fourth-order valence-corrected chi connectivity index (χ4v) is 4.07. The van der Waals surface area contributed by atoms with Gasteiger partial charge in [-0.15, -0.1) is 0 Å². The van der Waals surface area contributed by atoms with Crippen molar-refractivity contribution in [2.45, 2.75) is 24.7 Å². The van der Waals surface area contributed by atoms with Crippen LogP contribution in [0.5, 0.6) is 0 Å². The summed E-state index contributed by atoms with van der Waals surface area (Å²) < 4.78 is 0. The third kappa shape index (κ3) is 4.04. The highest BCUT2D eigenvalue weighted by molar-refractivity contribution is 8.15. The Labute approximate surface area is 172 Å². The van der Waals surface area contributed by atoms with E-state index in [1.165, 1.54) is 0 Å². The molecule has 2 aliphatic heterocycles. The number of carbonyl (C=O) groups excluding carboxylic acids is 1. The number of aliphatic imine (C=N–C) groups is 2. The maximum Gasteiger partial charge on any atom is 0.227 e. The third-order valence-electron chi connectivity index (χ3n) is 4.81. The molecule has 0 atom stereocenters. The molecule has 3 aliphatic rings. The molecule has 0 radical (unpaired) electrons. The third-order valence-corrected chi connectivity index (χ3v) is 5.79. The number of thioether (sulfide) groups is 1. The maximum atomic E-state index is 11.9. The zero-order valence-electron chi connectivity index (χ0n) is 16.0. The van der Waals surface area contributed by atoms with Crippen molar-refractivity contribution in [3.63, 3.8) is 0 Å². The Morgan fingerprint density at radius 1 is 1.28 bits per heavy atom. The summed E-state index contributed by atoms with van der Waals surface area (Å²) in [5.74, 6) is 2.67. The molecule has 1 fully saturated rings. The van der Waals surface area contributed by atoms with Gasteiger partial charge in [-0.05, 0) is 44.0 Å². The quantitative estimate of drug-likeness (QED) is 0.707. The average molecular weight is 408 g/mol.